The Morgan fingerprint density at radius 2 is 1.96 bits per heavy atom. The highest BCUT2D eigenvalue weighted by molar-refractivity contribution is 7.14. The largest absolute Gasteiger partial charge is 0.336 e. The van der Waals surface area contributed by atoms with Gasteiger partial charge in [-0.15, -0.1) is 10.2 Å². The molecule has 0 spiro atoms. The van der Waals surface area contributed by atoms with Crippen LogP contribution in [0.5, 0.6) is 0 Å². The number of amides is 1. The van der Waals surface area contributed by atoms with Crippen LogP contribution >= 0.6 is 11.3 Å². The molecule has 2 aliphatic rings. The van der Waals surface area contributed by atoms with E-state index >= 15 is 0 Å². The van der Waals surface area contributed by atoms with E-state index in [1.54, 1.807) is 11.3 Å². The number of fused-ring (bicyclic) bond motifs is 3. The molecule has 144 valence electrons. The number of nitrogens with two attached hydrogens (primary N) is 1. The van der Waals surface area contributed by atoms with E-state index in [2.05, 4.69) is 26.1 Å². The van der Waals surface area contributed by atoms with Crippen molar-refractivity contribution in [1.29, 1.82) is 0 Å². The van der Waals surface area contributed by atoms with Gasteiger partial charge in [-0.05, 0) is 50.1 Å². The maximum Gasteiger partial charge on any atom is 0.229 e. The number of aryl methyl sites for hydroxylation is 1. The minimum absolute atomic E-state index is 0.183. The average molecular weight is 394 g/mol. The lowest BCUT2D eigenvalue weighted by atomic mass is 9.97. The molecule has 0 radical (unpaired) electrons. The third-order valence-electron chi connectivity index (χ3n) is 5.94. The molecule has 2 aliphatic heterocycles. The zero-order valence-corrected chi connectivity index (χ0v) is 16.7. The lowest BCUT2D eigenvalue weighted by Crippen LogP contribution is -2.50. The maximum atomic E-state index is 13.0. The summed E-state index contributed by atoms with van der Waals surface area (Å²) in [7, 11) is 0. The average Bonchev–Trinajstić information content (AvgIpc) is 3.22. The first-order chi connectivity index (χ1) is 13.6. The van der Waals surface area contributed by atoms with Crippen molar-refractivity contribution in [2.24, 2.45) is 5.73 Å². The molecule has 3 atom stereocenters. The van der Waals surface area contributed by atoms with E-state index in [0.29, 0.717) is 18.5 Å². The van der Waals surface area contributed by atoms with E-state index < -0.39 is 0 Å². The topological polar surface area (TPSA) is 85.0 Å². The molecule has 4 heterocycles. The van der Waals surface area contributed by atoms with Crippen LogP contribution in [-0.2, 0) is 11.2 Å². The summed E-state index contributed by atoms with van der Waals surface area (Å²) in [5.74, 6) is 0.183. The summed E-state index contributed by atoms with van der Waals surface area (Å²) >= 11 is 1.58. The van der Waals surface area contributed by atoms with E-state index in [4.69, 9.17) is 5.73 Å². The van der Waals surface area contributed by atoms with Gasteiger partial charge in [-0.1, -0.05) is 23.5 Å². The molecule has 1 amide bonds. The van der Waals surface area contributed by atoms with Gasteiger partial charge >= 0.3 is 0 Å². The van der Waals surface area contributed by atoms with Gasteiger partial charge in [0.05, 0.1) is 12.1 Å². The SMILES string of the molecule is Cc1nnc(-c2ccc3cnc(CC(=O)N4[C@@H]5CC[C@H]4CC(N)C5)cc3c2)s1. The van der Waals surface area contributed by atoms with Gasteiger partial charge in [-0.25, -0.2) is 0 Å². The van der Waals surface area contributed by atoms with Crippen LogP contribution in [0.25, 0.3) is 21.3 Å². The molecule has 2 aromatic heterocycles. The molecule has 3 aromatic rings. The molecule has 2 N–H and O–H groups in total. The molecular formula is C21H23N5OS. The van der Waals surface area contributed by atoms with Crippen LogP contribution in [0.1, 0.15) is 36.4 Å². The Balaban J connectivity index is 1.39. The van der Waals surface area contributed by atoms with E-state index in [1.165, 1.54) is 0 Å². The van der Waals surface area contributed by atoms with Crippen molar-refractivity contribution in [2.45, 2.75) is 57.2 Å². The molecule has 7 heteroatoms. The smallest absolute Gasteiger partial charge is 0.229 e. The van der Waals surface area contributed by atoms with E-state index in [-0.39, 0.29) is 11.9 Å². The zero-order chi connectivity index (χ0) is 19.3. The summed E-state index contributed by atoms with van der Waals surface area (Å²) in [6.45, 7) is 1.95. The lowest BCUT2D eigenvalue weighted by Gasteiger charge is -2.37. The van der Waals surface area contributed by atoms with Gasteiger partial charge in [0, 0.05) is 35.3 Å². The van der Waals surface area contributed by atoms with Crippen molar-refractivity contribution < 1.29 is 4.79 Å². The Morgan fingerprint density at radius 3 is 2.68 bits per heavy atom. The van der Waals surface area contributed by atoms with Gasteiger partial charge in [-0.2, -0.15) is 0 Å². The fourth-order valence-electron chi connectivity index (χ4n) is 4.70. The molecule has 2 fully saturated rings. The predicted octanol–water partition coefficient (Wildman–Crippen LogP) is 3.08. The molecule has 1 unspecified atom stereocenters. The molecule has 2 saturated heterocycles. The molecular weight excluding hydrogens is 370 g/mol. The first-order valence-corrected chi connectivity index (χ1v) is 10.6. The van der Waals surface area contributed by atoms with Gasteiger partial charge < -0.3 is 10.6 Å². The second kappa shape index (κ2) is 6.90. The van der Waals surface area contributed by atoms with Gasteiger partial charge in [-0.3, -0.25) is 9.78 Å². The van der Waals surface area contributed by atoms with E-state index in [1.807, 2.05) is 31.3 Å². The lowest BCUT2D eigenvalue weighted by molar-refractivity contribution is -0.135. The summed E-state index contributed by atoms with van der Waals surface area (Å²) in [6.07, 6.45) is 6.23. The second-order valence-corrected chi connectivity index (χ2v) is 9.14. The summed E-state index contributed by atoms with van der Waals surface area (Å²) in [5.41, 5.74) is 8.00. The van der Waals surface area contributed by atoms with E-state index in [0.717, 1.165) is 57.7 Å². The van der Waals surface area contributed by atoms with Crippen LogP contribution in [0, 0.1) is 6.92 Å². The van der Waals surface area contributed by atoms with Gasteiger partial charge in [0.15, 0.2) is 0 Å². The molecule has 28 heavy (non-hydrogen) atoms. The number of hydrogen-bond acceptors (Lipinski definition) is 6. The van der Waals surface area contributed by atoms with Gasteiger partial charge in [0.25, 0.3) is 0 Å². The summed E-state index contributed by atoms with van der Waals surface area (Å²) in [5, 5.41) is 12.3. The van der Waals surface area contributed by atoms with Crippen LogP contribution in [-0.4, -0.2) is 44.1 Å². The number of nitrogens with zero attached hydrogens (tertiary/aromatic N) is 4. The van der Waals surface area contributed by atoms with Crippen LogP contribution in [0.2, 0.25) is 0 Å². The van der Waals surface area contributed by atoms with Crippen molar-refractivity contribution in [1.82, 2.24) is 20.1 Å². The van der Waals surface area contributed by atoms with Gasteiger partial charge in [0.2, 0.25) is 5.91 Å². The maximum absolute atomic E-state index is 13.0. The van der Waals surface area contributed by atoms with Crippen LogP contribution in [0.3, 0.4) is 0 Å². The van der Waals surface area contributed by atoms with Crippen LogP contribution in [0.4, 0.5) is 0 Å². The number of carbonyl (C=O) groups is 1. The minimum atomic E-state index is 0.183. The Bertz CT molecular complexity index is 1030. The van der Waals surface area contributed by atoms with Crippen LogP contribution < -0.4 is 5.73 Å². The Morgan fingerprint density at radius 1 is 1.18 bits per heavy atom. The number of piperidine rings is 1. The first-order valence-electron chi connectivity index (χ1n) is 9.83. The van der Waals surface area contributed by atoms with Gasteiger partial charge in [0.1, 0.15) is 10.0 Å². The summed E-state index contributed by atoms with van der Waals surface area (Å²) in [4.78, 5) is 19.6. The van der Waals surface area contributed by atoms with Crippen molar-refractivity contribution in [3.63, 3.8) is 0 Å². The molecule has 1 aromatic carbocycles. The number of benzene rings is 1. The summed E-state index contributed by atoms with van der Waals surface area (Å²) in [6, 6.07) is 9.09. The van der Waals surface area contributed by atoms with Crippen LogP contribution in [0.15, 0.2) is 30.5 Å². The highest BCUT2D eigenvalue weighted by atomic mass is 32.1. The molecule has 0 saturated carbocycles. The molecule has 6 nitrogen and oxygen atoms in total. The third kappa shape index (κ3) is 3.18. The quantitative estimate of drug-likeness (QED) is 0.739. The fourth-order valence-corrected chi connectivity index (χ4v) is 5.39. The molecule has 0 aliphatic carbocycles. The standard InChI is InChI=1S/C21H23N5OS/c1-12-24-25-21(28-12)13-2-3-14-11-23-17(7-15(14)6-13)10-20(27)26-18-4-5-19(26)9-16(22)8-18/h2-3,6-7,11,16,18-19H,4-5,8-10,22H2,1H3/t16?,18-,19+. The fraction of sp³-hybridized carbons (Fsp3) is 0.429. The Hall–Kier alpha value is -2.38. The van der Waals surface area contributed by atoms with E-state index in [9.17, 15) is 4.79 Å². The Labute approximate surface area is 167 Å². The minimum Gasteiger partial charge on any atom is -0.336 e. The summed E-state index contributed by atoms with van der Waals surface area (Å²) < 4.78 is 0. The number of rotatable bonds is 3. The normalized spacial score (nSPS) is 24.1. The highest BCUT2D eigenvalue weighted by Gasteiger charge is 2.41. The number of carbonyl (C=O) groups excluding carboxylic acids is 1. The Kier molecular flexibility index (Phi) is 4.36. The molecule has 5 rings (SSSR count). The zero-order valence-electron chi connectivity index (χ0n) is 15.8. The number of aromatic nitrogens is 3. The van der Waals surface area contributed by atoms with Crippen molar-refractivity contribution in [3.05, 3.63) is 41.2 Å². The number of pyridine rings is 1. The monoisotopic (exact) mass is 393 g/mol. The third-order valence-corrected chi connectivity index (χ3v) is 6.83. The molecule has 2 bridgehead atoms. The van der Waals surface area contributed by atoms with Crippen molar-refractivity contribution in [3.8, 4) is 10.6 Å². The van der Waals surface area contributed by atoms with Crippen molar-refractivity contribution >= 4 is 28.0 Å². The predicted molar refractivity (Wildman–Crippen MR) is 110 cm³/mol. The highest BCUT2D eigenvalue weighted by Crippen LogP contribution is 2.35. The first kappa shape index (κ1) is 17.7. The second-order valence-electron chi connectivity index (χ2n) is 7.96. The van der Waals surface area contributed by atoms with Crippen molar-refractivity contribution in [2.75, 3.05) is 0 Å². The number of hydrogen-bond donors (Lipinski definition) is 1.